The third-order valence-electron chi connectivity index (χ3n) is 3.86. The highest BCUT2D eigenvalue weighted by Crippen LogP contribution is 2.19. The molecule has 0 bridgehead atoms. The van der Waals surface area contributed by atoms with Crippen molar-refractivity contribution in [1.29, 1.82) is 0 Å². The second-order valence-electron chi connectivity index (χ2n) is 5.51. The van der Waals surface area contributed by atoms with Crippen molar-refractivity contribution in [2.75, 3.05) is 26.7 Å². The van der Waals surface area contributed by atoms with Crippen LogP contribution in [0.3, 0.4) is 0 Å². The number of nitrogens with one attached hydrogen (secondary N) is 1. The maximum atomic E-state index is 12.4. The first-order chi connectivity index (χ1) is 9.61. The number of hydrogen-bond donors (Lipinski definition) is 1. The molecule has 4 heteroatoms. The third-order valence-corrected chi connectivity index (χ3v) is 3.86. The van der Waals surface area contributed by atoms with Gasteiger partial charge in [-0.2, -0.15) is 0 Å². The zero-order valence-corrected chi connectivity index (χ0v) is 12.6. The molecule has 2 atom stereocenters. The molecule has 20 heavy (non-hydrogen) atoms. The Morgan fingerprint density at radius 2 is 2.05 bits per heavy atom. The fourth-order valence-electron chi connectivity index (χ4n) is 2.63. The number of ether oxygens (including phenoxy) is 1. The van der Waals surface area contributed by atoms with E-state index in [0.29, 0.717) is 19.1 Å². The minimum atomic E-state index is 0.114. The van der Waals surface area contributed by atoms with Gasteiger partial charge in [-0.15, -0.1) is 0 Å². The SMILES string of the molecule is CCOc1ccc(CN(C)C(=O)[C@@H]2CNC[C@H]2C)cc1. The molecule has 0 saturated carbocycles. The van der Waals surface area contributed by atoms with Crippen molar-refractivity contribution in [1.82, 2.24) is 10.2 Å². The van der Waals surface area contributed by atoms with Gasteiger partial charge in [-0.3, -0.25) is 4.79 Å². The van der Waals surface area contributed by atoms with E-state index >= 15 is 0 Å². The maximum Gasteiger partial charge on any atom is 0.227 e. The normalized spacial score (nSPS) is 21.8. The predicted molar refractivity (Wildman–Crippen MR) is 79.6 cm³/mol. The summed E-state index contributed by atoms with van der Waals surface area (Å²) in [5.74, 6) is 1.64. The van der Waals surface area contributed by atoms with E-state index in [1.54, 1.807) is 0 Å². The van der Waals surface area contributed by atoms with E-state index < -0.39 is 0 Å². The average Bonchev–Trinajstić information content (AvgIpc) is 2.86. The van der Waals surface area contributed by atoms with E-state index in [1.165, 1.54) is 0 Å². The lowest BCUT2D eigenvalue weighted by atomic mass is 9.96. The van der Waals surface area contributed by atoms with E-state index in [0.717, 1.165) is 24.4 Å². The van der Waals surface area contributed by atoms with Crippen LogP contribution in [0.5, 0.6) is 5.75 Å². The number of nitrogens with zero attached hydrogens (tertiary/aromatic N) is 1. The summed E-state index contributed by atoms with van der Waals surface area (Å²) in [4.78, 5) is 14.2. The van der Waals surface area contributed by atoms with Gasteiger partial charge >= 0.3 is 0 Å². The number of carbonyl (C=O) groups is 1. The van der Waals surface area contributed by atoms with Gasteiger partial charge in [0.1, 0.15) is 5.75 Å². The van der Waals surface area contributed by atoms with Crippen LogP contribution < -0.4 is 10.1 Å². The van der Waals surface area contributed by atoms with Crippen LogP contribution in [-0.2, 0) is 11.3 Å². The second kappa shape index (κ2) is 6.75. The van der Waals surface area contributed by atoms with Crippen LogP contribution in [0.1, 0.15) is 19.4 Å². The Hall–Kier alpha value is -1.55. The molecule has 1 amide bonds. The number of carbonyl (C=O) groups excluding carboxylic acids is 1. The van der Waals surface area contributed by atoms with E-state index in [4.69, 9.17) is 4.74 Å². The summed E-state index contributed by atoms with van der Waals surface area (Å²) in [7, 11) is 1.88. The number of hydrogen-bond acceptors (Lipinski definition) is 3. The lowest BCUT2D eigenvalue weighted by molar-refractivity contribution is -0.135. The van der Waals surface area contributed by atoms with E-state index in [1.807, 2.05) is 43.1 Å². The van der Waals surface area contributed by atoms with Crippen LogP contribution in [-0.4, -0.2) is 37.6 Å². The molecule has 1 N–H and O–H groups in total. The molecule has 2 rings (SSSR count). The summed E-state index contributed by atoms with van der Waals surface area (Å²) in [5, 5.41) is 3.28. The molecule has 1 aromatic carbocycles. The molecule has 0 spiro atoms. The second-order valence-corrected chi connectivity index (χ2v) is 5.51. The number of amides is 1. The molecule has 1 aromatic rings. The first kappa shape index (κ1) is 14.9. The molecule has 0 aliphatic carbocycles. The topological polar surface area (TPSA) is 41.6 Å². The molecule has 1 fully saturated rings. The van der Waals surface area contributed by atoms with Crippen molar-refractivity contribution in [3.63, 3.8) is 0 Å². The summed E-state index contributed by atoms with van der Waals surface area (Å²) in [6.07, 6.45) is 0. The molecule has 4 nitrogen and oxygen atoms in total. The highest BCUT2D eigenvalue weighted by molar-refractivity contribution is 5.79. The predicted octanol–water partition coefficient (Wildman–Crippen LogP) is 1.90. The monoisotopic (exact) mass is 276 g/mol. The van der Waals surface area contributed by atoms with Crippen LogP contribution in [0.25, 0.3) is 0 Å². The largest absolute Gasteiger partial charge is 0.494 e. The summed E-state index contributed by atoms with van der Waals surface area (Å²) in [6, 6.07) is 7.95. The zero-order valence-electron chi connectivity index (χ0n) is 12.6. The molecule has 0 unspecified atom stereocenters. The highest BCUT2D eigenvalue weighted by atomic mass is 16.5. The van der Waals surface area contributed by atoms with Crippen LogP contribution in [0, 0.1) is 11.8 Å². The van der Waals surface area contributed by atoms with Crippen LogP contribution in [0.2, 0.25) is 0 Å². The molecule has 0 aromatic heterocycles. The molecule has 1 aliphatic heterocycles. The van der Waals surface area contributed by atoms with Crippen LogP contribution in [0.15, 0.2) is 24.3 Å². The van der Waals surface area contributed by atoms with Crippen molar-refractivity contribution in [2.45, 2.75) is 20.4 Å². The zero-order chi connectivity index (χ0) is 14.5. The van der Waals surface area contributed by atoms with Gasteiger partial charge in [0.2, 0.25) is 5.91 Å². The average molecular weight is 276 g/mol. The number of benzene rings is 1. The summed E-state index contributed by atoms with van der Waals surface area (Å²) >= 11 is 0. The van der Waals surface area contributed by atoms with Crippen molar-refractivity contribution >= 4 is 5.91 Å². The Labute approximate surface area is 121 Å². The van der Waals surface area contributed by atoms with Crippen molar-refractivity contribution < 1.29 is 9.53 Å². The molecule has 0 radical (unpaired) electrons. The fraction of sp³-hybridized carbons (Fsp3) is 0.562. The van der Waals surface area contributed by atoms with Gasteiger partial charge in [-0.1, -0.05) is 19.1 Å². The van der Waals surface area contributed by atoms with Crippen LogP contribution >= 0.6 is 0 Å². The standard InChI is InChI=1S/C16H24N2O2/c1-4-20-14-7-5-13(6-8-14)11-18(3)16(19)15-10-17-9-12(15)2/h5-8,12,15,17H,4,9-11H2,1-3H3/t12-,15-/m1/s1. The molecular formula is C16H24N2O2. The lowest BCUT2D eigenvalue weighted by Gasteiger charge is -2.23. The fourth-order valence-corrected chi connectivity index (χ4v) is 2.63. The Balaban J connectivity index is 1.93. The maximum absolute atomic E-state index is 12.4. The molecular weight excluding hydrogens is 252 g/mol. The lowest BCUT2D eigenvalue weighted by Crippen LogP contribution is -2.35. The van der Waals surface area contributed by atoms with Gasteiger partial charge in [0.05, 0.1) is 12.5 Å². The molecule has 1 heterocycles. The van der Waals surface area contributed by atoms with Crippen molar-refractivity contribution in [3.8, 4) is 5.75 Å². The Bertz CT molecular complexity index is 444. The van der Waals surface area contributed by atoms with Crippen molar-refractivity contribution in [2.24, 2.45) is 11.8 Å². The smallest absolute Gasteiger partial charge is 0.227 e. The Morgan fingerprint density at radius 3 is 2.60 bits per heavy atom. The van der Waals surface area contributed by atoms with E-state index in [2.05, 4.69) is 12.2 Å². The van der Waals surface area contributed by atoms with E-state index in [-0.39, 0.29) is 11.8 Å². The Kier molecular flexibility index (Phi) is 5.01. The third kappa shape index (κ3) is 3.51. The van der Waals surface area contributed by atoms with Gasteiger partial charge in [-0.05, 0) is 37.1 Å². The van der Waals surface area contributed by atoms with Gasteiger partial charge in [0, 0.05) is 20.1 Å². The highest BCUT2D eigenvalue weighted by Gasteiger charge is 2.31. The van der Waals surface area contributed by atoms with E-state index in [9.17, 15) is 4.79 Å². The molecule has 110 valence electrons. The first-order valence-corrected chi connectivity index (χ1v) is 7.29. The minimum Gasteiger partial charge on any atom is -0.494 e. The first-order valence-electron chi connectivity index (χ1n) is 7.29. The van der Waals surface area contributed by atoms with Gasteiger partial charge in [0.25, 0.3) is 0 Å². The molecule has 1 aliphatic rings. The molecule has 1 saturated heterocycles. The van der Waals surface area contributed by atoms with Gasteiger partial charge in [0.15, 0.2) is 0 Å². The quantitative estimate of drug-likeness (QED) is 0.893. The summed E-state index contributed by atoms with van der Waals surface area (Å²) < 4.78 is 5.42. The number of rotatable bonds is 5. The Morgan fingerprint density at radius 1 is 1.35 bits per heavy atom. The van der Waals surface area contributed by atoms with Gasteiger partial charge < -0.3 is 15.0 Å². The van der Waals surface area contributed by atoms with Crippen LogP contribution in [0.4, 0.5) is 0 Å². The minimum absolute atomic E-state index is 0.114. The summed E-state index contributed by atoms with van der Waals surface area (Å²) in [5.41, 5.74) is 1.13. The summed E-state index contributed by atoms with van der Waals surface area (Å²) in [6.45, 7) is 7.16. The van der Waals surface area contributed by atoms with Gasteiger partial charge in [-0.25, -0.2) is 0 Å². The van der Waals surface area contributed by atoms with Crippen molar-refractivity contribution in [3.05, 3.63) is 29.8 Å².